The van der Waals surface area contributed by atoms with E-state index in [9.17, 15) is 4.79 Å². The molecule has 0 aliphatic heterocycles. The number of aryl methyl sites for hydroxylation is 1. The topological polar surface area (TPSA) is 64.1 Å². The van der Waals surface area contributed by atoms with Crippen LogP contribution in [-0.2, 0) is 11.3 Å². The van der Waals surface area contributed by atoms with Crippen molar-refractivity contribution in [3.8, 4) is 17.0 Å². The van der Waals surface area contributed by atoms with Crippen LogP contribution in [-0.4, -0.2) is 22.0 Å². The van der Waals surface area contributed by atoms with Crippen LogP contribution >= 0.6 is 11.6 Å². The zero-order valence-corrected chi connectivity index (χ0v) is 17.3. The number of ether oxygens (including phenoxy) is 1. The molecule has 5 nitrogen and oxygen atoms in total. The fourth-order valence-electron chi connectivity index (χ4n) is 2.95. The van der Waals surface area contributed by atoms with Crippen LogP contribution < -0.4 is 10.1 Å². The summed E-state index contributed by atoms with van der Waals surface area (Å²) >= 11 is 5.84. The molecule has 0 spiro atoms. The first-order valence-electron chi connectivity index (χ1n) is 9.64. The smallest absolute Gasteiger partial charge is 0.261 e. The number of hydrogen-bond donors (Lipinski definition) is 1. The molecule has 0 bridgehead atoms. The second-order valence-corrected chi connectivity index (χ2v) is 7.15. The molecule has 0 saturated heterocycles. The first kappa shape index (κ1) is 20.8. The van der Waals surface area contributed by atoms with Gasteiger partial charge >= 0.3 is 0 Å². The van der Waals surface area contributed by atoms with E-state index < -0.39 is 6.10 Å². The van der Waals surface area contributed by atoms with Crippen molar-refractivity contribution in [2.45, 2.75) is 39.3 Å². The molecule has 1 heterocycles. The first-order chi connectivity index (χ1) is 14.1. The Hall–Kier alpha value is -2.92. The van der Waals surface area contributed by atoms with E-state index in [2.05, 4.69) is 39.6 Å². The van der Waals surface area contributed by atoms with Crippen molar-refractivity contribution in [3.63, 3.8) is 0 Å². The molecular formula is C23H24ClN3O2. The summed E-state index contributed by atoms with van der Waals surface area (Å²) in [6.45, 7) is 4.19. The van der Waals surface area contributed by atoms with Crippen molar-refractivity contribution in [2.24, 2.45) is 0 Å². The number of carbonyl (C=O) groups excluding carboxylic acids is 1. The van der Waals surface area contributed by atoms with Crippen molar-refractivity contribution in [3.05, 3.63) is 77.2 Å². The van der Waals surface area contributed by atoms with Gasteiger partial charge in [0.15, 0.2) is 6.10 Å². The molecule has 2 aromatic carbocycles. The minimum Gasteiger partial charge on any atom is -0.463 e. The lowest BCUT2D eigenvalue weighted by Crippen LogP contribution is -2.38. The van der Waals surface area contributed by atoms with Crippen LogP contribution in [0.4, 0.5) is 0 Å². The van der Waals surface area contributed by atoms with Crippen LogP contribution in [0.15, 0.2) is 60.8 Å². The molecule has 0 aliphatic carbocycles. The van der Waals surface area contributed by atoms with Gasteiger partial charge in [0.05, 0.1) is 6.20 Å². The summed E-state index contributed by atoms with van der Waals surface area (Å²) in [6, 6.07) is 18.3. The van der Waals surface area contributed by atoms with Gasteiger partial charge in [-0.2, -0.15) is 0 Å². The van der Waals surface area contributed by atoms with E-state index in [0.29, 0.717) is 29.7 Å². The fourth-order valence-corrected chi connectivity index (χ4v) is 3.12. The fraction of sp³-hybridized carbons (Fsp3) is 0.261. The third-order valence-corrected chi connectivity index (χ3v) is 4.68. The number of aromatic nitrogens is 2. The molecule has 150 valence electrons. The molecule has 1 amide bonds. The monoisotopic (exact) mass is 409 g/mol. The van der Waals surface area contributed by atoms with Gasteiger partial charge in [0, 0.05) is 6.54 Å². The van der Waals surface area contributed by atoms with Gasteiger partial charge in [-0.05, 0) is 30.0 Å². The largest absolute Gasteiger partial charge is 0.463 e. The number of rotatable bonds is 8. The van der Waals surface area contributed by atoms with E-state index in [1.54, 1.807) is 6.92 Å². The maximum absolute atomic E-state index is 12.7. The van der Waals surface area contributed by atoms with Crippen LogP contribution in [0.25, 0.3) is 11.1 Å². The summed E-state index contributed by atoms with van der Waals surface area (Å²) in [5.41, 5.74) is 3.89. The number of nitrogens with one attached hydrogen (secondary N) is 1. The van der Waals surface area contributed by atoms with Gasteiger partial charge in [-0.25, -0.2) is 9.97 Å². The van der Waals surface area contributed by atoms with E-state index in [4.69, 9.17) is 16.3 Å². The summed E-state index contributed by atoms with van der Waals surface area (Å²) in [5, 5.41) is 3.25. The third kappa shape index (κ3) is 5.78. The second-order valence-electron chi connectivity index (χ2n) is 6.76. The van der Waals surface area contributed by atoms with Gasteiger partial charge in [-0.3, -0.25) is 4.79 Å². The van der Waals surface area contributed by atoms with Crippen LogP contribution in [0, 0.1) is 6.92 Å². The number of halogens is 1. The molecule has 1 aromatic heterocycles. The van der Waals surface area contributed by atoms with Crippen molar-refractivity contribution in [1.82, 2.24) is 15.3 Å². The Morgan fingerprint density at radius 1 is 1.10 bits per heavy atom. The third-order valence-electron chi connectivity index (χ3n) is 4.50. The predicted molar refractivity (Wildman–Crippen MR) is 115 cm³/mol. The van der Waals surface area contributed by atoms with E-state index in [-0.39, 0.29) is 5.91 Å². The minimum atomic E-state index is -0.627. The Balaban J connectivity index is 1.61. The van der Waals surface area contributed by atoms with Gasteiger partial charge in [-0.15, -0.1) is 0 Å². The predicted octanol–water partition coefficient (Wildman–Crippen LogP) is 4.97. The van der Waals surface area contributed by atoms with Gasteiger partial charge in [-0.1, -0.05) is 79.5 Å². The zero-order chi connectivity index (χ0) is 20.6. The summed E-state index contributed by atoms with van der Waals surface area (Å²) in [5.74, 6) is 0.158. The molecule has 6 heteroatoms. The first-order valence-corrected chi connectivity index (χ1v) is 10.0. The Morgan fingerprint density at radius 2 is 1.79 bits per heavy atom. The van der Waals surface area contributed by atoms with Gasteiger partial charge < -0.3 is 10.1 Å². The standard InChI is InChI=1S/C23H24ClN3O2/c1-3-7-20(29-23-16(2)27-21(24)15-26-23)22(28)25-14-17-10-12-19(13-11-17)18-8-5-4-6-9-18/h4-6,8-13,15,20H,3,7,14H2,1-2H3,(H,25,28). The van der Waals surface area contributed by atoms with E-state index in [1.807, 2.05) is 37.3 Å². The van der Waals surface area contributed by atoms with E-state index in [0.717, 1.165) is 17.5 Å². The molecule has 1 atom stereocenters. The highest BCUT2D eigenvalue weighted by molar-refractivity contribution is 6.29. The molecule has 0 aliphatic rings. The SMILES string of the molecule is CCCC(Oc1ncc(Cl)nc1C)C(=O)NCc1ccc(-c2ccccc2)cc1. The lowest BCUT2D eigenvalue weighted by molar-refractivity contribution is -0.128. The average Bonchev–Trinajstić information content (AvgIpc) is 2.74. The lowest BCUT2D eigenvalue weighted by atomic mass is 10.0. The number of hydrogen-bond acceptors (Lipinski definition) is 4. The molecule has 0 radical (unpaired) electrons. The molecule has 1 unspecified atom stereocenters. The number of amides is 1. The number of carbonyl (C=O) groups is 1. The minimum absolute atomic E-state index is 0.171. The Morgan fingerprint density at radius 3 is 2.45 bits per heavy atom. The maximum Gasteiger partial charge on any atom is 0.261 e. The van der Waals surface area contributed by atoms with Crippen LogP contribution in [0.5, 0.6) is 5.88 Å². The number of nitrogens with zero attached hydrogens (tertiary/aromatic N) is 2. The average molecular weight is 410 g/mol. The molecule has 3 rings (SSSR count). The van der Waals surface area contributed by atoms with Crippen molar-refractivity contribution in [1.29, 1.82) is 0 Å². The van der Waals surface area contributed by atoms with Gasteiger partial charge in [0.1, 0.15) is 10.8 Å². The van der Waals surface area contributed by atoms with Crippen molar-refractivity contribution < 1.29 is 9.53 Å². The maximum atomic E-state index is 12.7. The highest BCUT2D eigenvalue weighted by atomic mass is 35.5. The van der Waals surface area contributed by atoms with Gasteiger partial charge in [0.25, 0.3) is 5.91 Å². The quantitative estimate of drug-likeness (QED) is 0.570. The Labute approximate surface area is 176 Å². The zero-order valence-electron chi connectivity index (χ0n) is 16.6. The van der Waals surface area contributed by atoms with E-state index >= 15 is 0 Å². The molecule has 0 saturated carbocycles. The van der Waals surface area contributed by atoms with Crippen LogP contribution in [0.2, 0.25) is 5.15 Å². The van der Waals surface area contributed by atoms with Crippen molar-refractivity contribution in [2.75, 3.05) is 0 Å². The summed E-state index contributed by atoms with van der Waals surface area (Å²) in [6.07, 6.45) is 2.18. The molecule has 29 heavy (non-hydrogen) atoms. The number of benzene rings is 2. The highest BCUT2D eigenvalue weighted by Gasteiger charge is 2.21. The van der Waals surface area contributed by atoms with Crippen LogP contribution in [0.1, 0.15) is 31.0 Å². The highest BCUT2D eigenvalue weighted by Crippen LogP contribution is 2.20. The second kappa shape index (κ2) is 10.0. The Bertz CT molecular complexity index is 946. The van der Waals surface area contributed by atoms with Crippen LogP contribution in [0.3, 0.4) is 0 Å². The Kier molecular flexibility index (Phi) is 7.19. The normalized spacial score (nSPS) is 11.7. The molecular weight excluding hydrogens is 386 g/mol. The molecule has 0 fully saturated rings. The molecule has 3 aromatic rings. The van der Waals surface area contributed by atoms with Crippen molar-refractivity contribution >= 4 is 17.5 Å². The summed E-state index contributed by atoms with van der Waals surface area (Å²) in [4.78, 5) is 20.9. The molecule has 1 N–H and O–H groups in total. The van der Waals surface area contributed by atoms with E-state index in [1.165, 1.54) is 11.8 Å². The summed E-state index contributed by atoms with van der Waals surface area (Å²) < 4.78 is 5.82. The van der Waals surface area contributed by atoms with Gasteiger partial charge in [0.2, 0.25) is 5.88 Å². The lowest BCUT2D eigenvalue weighted by Gasteiger charge is -2.18. The summed E-state index contributed by atoms with van der Waals surface area (Å²) in [7, 11) is 0.